The second kappa shape index (κ2) is 9.44. The number of carbonyl (C=O) groups is 1. The zero-order valence-corrected chi connectivity index (χ0v) is 12.3. The van der Waals surface area contributed by atoms with Crippen LogP contribution in [0.2, 0.25) is 5.02 Å². The first-order chi connectivity index (χ1) is 9.67. The molecule has 20 heavy (non-hydrogen) atoms. The van der Waals surface area contributed by atoms with Crippen molar-refractivity contribution >= 4 is 17.6 Å². The first kappa shape index (κ1) is 16.6. The Morgan fingerprint density at radius 3 is 2.85 bits per heavy atom. The van der Waals surface area contributed by atoms with Crippen molar-refractivity contribution in [2.24, 2.45) is 0 Å². The van der Waals surface area contributed by atoms with E-state index in [2.05, 4.69) is 10.6 Å². The molecular formula is C14H21ClN2O3. The second-order valence-corrected chi connectivity index (χ2v) is 4.73. The molecule has 0 saturated carbocycles. The van der Waals surface area contributed by atoms with Gasteiger partial charge in [0.05, 0.1) is 24.3 Å². The Morgan fingerprint density at radius 2 is 2.20 bits per heavy atom. The highest BCUT2D eigenvalue weighted by atomic mass is 35.5. The normalized spacial score (nSPS) is 11.8. The molecule has 1 rings (SSSR count). The number of para-hydroxylation sites is 1. The van der Waals surface area contributed by atoms with Crippen LogP contribution in [0, 0.1) is 0 Å². The van der Waals surface area contributed by atoms with Crippen LogP contribution >= 0.6 is 11.6 Å². The lowest BCUT2D eigenvalue weighted by Gasteiger charge is -2.14. The molecule has 0 aliphatic carbocycles. The number of amides is 2. The van der Waals surface area contributed by atoms with Crippen LogP contribution in [-0.2, 0) is 0 Å². The van der Waals surface area contributed by atoms with Crippen molar-refractivity contribution in [3.8, 4) is 5.75 Å². The molecule has 0 aromatic heterocycles. The number of aliphatic hydroxyl groups is 1. The monoisotopic (exact) mass is 300 g/mol. The third-order valence-corrected chi connectivity index (χ3v) is 3.06. The van der Waals surface area contributed by atoms with E-state index < -0.39 is 0 Å². The van der Waals surface area contributed by atoms with E-state index in [1.165, 1.54) is 0 Å². The zero-order valence-electron chi connectivity index (χ0n) is 11.6. The van der Waals surface area contributed by atoms with Gasteiger partial charge >= 0.3 is 6.03 Å². The third-order valence-electron chi connectivity index (χ3n) is 2.75. The maximum absolute atomic E-state index is 11.5. The van der Waals surface area contributed by atoms with Gasteiger partial charge in [0.15, 0.2) is 0 Å². The number of hydrogen-bond donors (Lipinski definition) is 3. The summed E-state index contributed by atoms with van der Waals surface area (Å²) in [4.78, 5) is 11.5. The second-order valence-electron chi connectivity index (χ2n) is 4.32. The molecule has 1 aromatic carbocycles. The molecule has 0 aliphatic rings. The van der Waals surface area contributed by atoms with Gasteiger partial charge in [-0.3, -0.25) is 0 Å². The van der Waals surface area contributed by atoms with E-state index in [0.29, 0.717) is 36.8 Å². The number of carbonyl (C=O) groups excluding carboxylic acids is 1. The number of hydrogen-bond acceptors (Lipinski definition) is 3. The molecule has 112 valence electrons. The van der Waals surface area contributed by atoms with Crippen LogP contribution < -0.4 is 15.4 Å². The van der Waals surface area contributed by atoms with Crippen LogP contribution in [0.25, 0.3) is 0 Å². The van der Waals surface area contributed by atoms with E-state index in [1.54, 1.807) is 12.1 Å². The van der Waals surface area contributed by atoms with E-state index in [9.17, 15) is 4.79 Å². The van der Waals surface area contributed by atoms with Gasteiger partial charge in [-0.25, -0.2) is 4.79 Å². The maximum atomic E-state index is 11.5. The molecule has 6 heteroatoms. The highest BCUT2D eigenvalue weighted by molar-refractivity contribution is 6.32. The molecule has 0 heterocycles. The van der Waals surface area contributed by atoms with Crippen LogP contribution in [0.5, 0.6) is 5.75 Å². The number of benzene rings is 1. The third kappa shape index (κ3) is 6.12. The lowest BCUT2D eigenvalue weighted by molar-refractivity contribution is 0.213. The van der Waals surface area contributed by atoms with E-state index in [4.69, 9.17) is 21.4 Å². The Hall–Kier alpha value is -1.46. The van der Waals surface area contributed by atoms with Gasteiger partial charge in [-0.1, -0.05) is 30.7 Å². The summed E-state index contributed by atoms with van der Waals surface area (Å²) in [6.45, 7) is 2.82. The van der Waals surface area contributed by atoms with Gasteiger partial charge in [-0.2, -0.15) is 0 Å². The number of nitrogens with one attached hydrogen (secondary N) is 2. The Kier molecular flexibility index (Phi) is 7.84. The van der Waals surface area contributed by atoms with Crippen LogP contribution in [0.1, 0.15) is 19.8 Å². The molecule has 2 amide bonds. The van der Waals surface area contributed by atoms with Crippen molar-refractivity contribution in [2.45, 2.75) is 25.8 Å². The van der Waals surface area contributed by atoms with E-state index in [0.717, 1.165) is 0 Å². The topological polar surface area (TPSA) is 70.6 Å². The molecular weight excluding hydrogens is 280 g/mol. The molecule has 0 saturated heterocycles. The highest BCUT2D eigenvalue weighted by Crippen LogP contribution is 2.22. The minimum atomic E-state index is -0.274. The fourth-order valence-corrected chi connectivity index (χ4v) is 1.72. The van der Waals surface area contributed by atoms with Crippen molar-refractivity contribution in [3.63, 3.8) is 0 Å². The first-order valence-electron chi connectivity index (χ1n) is 6.70. The molecule has 0 radical (unpaired) electrons. The predicted octanol–water partition coefficient (Wildman–Crippen LogP) is 2.18. The number of aliphatic hydroxyl groups excluding tert-OH is 1. The quantitative estimate of drug-likeness (QED) is 0.644. The van der Waals surface area contributed by atoms with Gasteiger partial charge < -0.3 is 20.5 Å². The first-order valence-corrected chi connectivity index (χ1v) is 7.07. The molecule has 0 bridgehead atoms. The van der Waals surface area contributed by atoms with E-state index in [-0.39, 0.29) is 18.7 Å². The predicted molar refractivity (Wildman–Crippen MR) is 79.3 cm³/mol. The van der Waals surface area contributed by atoms with Crippen LogP contribution in [0.15, 0.2) is 24.3 Å². The summed E-state index contributed by atoms with van der Waals surface area (Å²) in [5.41, 5.74) is 0. The average Bonchev–Trinajstić information content (AvgIpc) is 2.46. The van der Waals surface area contributed by atoms with Gasteiger partial charge in [0.25, 0.3) is 0 Å². The van der Waals surface area contributed by atoms with Gasteiger partial charge in [0.2, 0.25) is 0 Å². The smallest absolute Gasteiger partial charge is 0.315 e. The zero-order chi connectivity index (χ0) is 14.8. The molecule has 3 N–H and O–H groups in total. The largest absolute Gasteiger partial charge is 0.492 e. The summed E-state index contributed by atoms with van der Waals surface area (Å²) in [5, 5.41) is 14.9. The molecule has 0 fully saturated rings. The van der Waals surface area contributed by atoms with E-state index >= 15 is 0 Å². The van der Waals surface area contributed by atoms with Gasteiger partial charge in [-0.05, 0) is 25.0 Å². The molecule has 0 aliphatic heterocycles. The number of halogens is 1. The van der Waals surface area contributed by atoms with Crippen molar-refractivity contribution < 1.29 is 14.6 Å². The fourth-order valence-electron chi connectivity index (χ4n) is 1.53. The molecule has 5 nitrogen and oxygen atoms in total. The van der Waals surface area contributed by atoms with Crippen molar-refractivity contribution in [2.75, 3.05) is 19.8 Å². The minimum absolute atomic E-state index is 0.0560. The van der Waals surface area contributed by atoms with Crippen LogP contribution in [0.3, 0.4) is 0 Å². The van der Waals surface area contributed by atoms with Gasteiger partial charge in [0.1, 0.15) is 5.75 Å². The Bertz CT molecular complexity index is 411. The lowest BCUT2D eigenvalue weighted by atomic mass is 10.2. The van der Waals surface area contributed by atoms with Crippen molar-refractivity contribution in [1.29, 1.82) is 0 Å². The standard InChI is InChI=1S/C14H21ClN2O3/c1-2-11(10-18)17-14(19)16-8-5-9-20-13-7-4-3-6-12(13)15/h3-4,6-7,11,18H,2,5,8-10H2,1H3,(H2,16,17,19). The Labute approximate surface area is 124 Å². The summed E-state index contributed by atoms with van der Waals surface area (Å²) >= 11 is 5.95. The van der Waals surface area contributed by atoms with Gasteiger partial charge in [-0.15, -0.1) is 0 Å². The lowest BCUT2D eigenvalue weighted by Crippen LogP contribution is -2.43. The SMILES string of the molecule is CCC(CO)NC(=O)NCCCOc1ccccc1Cl. The molecule has 1 unspecified atom stereocenters. The van der Waals surface area contributed by atoms with Crippen LogP contribution in [0.4, 0.5) is 4.79 Å². The number of rotatable bonds is 8. The number of ether oxygens (including phenoxy) is 1. The highest BCUT2D eigenvalue weighted by Gasteiger charge is 2.07. The molecule has 0 spiro atoms. The molecule has 1 atom stereocenters. The summed E-state index contributed by atoms with van der Waals surface area (Å²) in [6.07, 6.45) is 1.37. The average molecular weight is 301 g/mol. The maximum Gasteiger partial charge on any atom is 0.315 e. The Balaban J connectivity index is 2.13. The summed E-state index contributed by atoms with van der Waals surface area (Å²) < 4.78 is 5.50. The van der Waals surface area contributed by atoms with E-state index in [1.807, 2.05) is 19.1 Å². The Morgan fingerprint density at radius 1 is 1.45 bits per heavy atom. The summed E-state index contributed by atoms with van der Waals surface area (Å²) in [6, 6.07) is 6.79. The molecule has 1 aromatic rings. The minimum Gasteiger partial charge on any atom is -0.492 e. The van der Waals surface area contributed by atoms with Crippen molar-refractivity contribution in [3.05, 3.63) is 29.3 Å². The number of urea groups is 1. The summed E-state index contributed by atoms with van der Waals surface area (Å²) in [7, 11) is 0. The summed E-state index contributed by atoms with van der Waals surface area (Å²) in [5.74, 6) is 0.643. The fraction of sp³-hybridized carbons (Fsp3) is 0.500. The van der Waals surface area contributed by atoms with Gasteiger partial charge in [0, 0.05) is 6.54 Å². The van der Waals surface area contributed by atoms with Crippen LogP contribution in [-0.4, -0.2) is 36.9 Å². The van der Waals surface area contributed by atoms with Crippen molar-refractivity contribution in [1.82, 2.24) is 10.6 Å².